The number of pyridine rings is 1. The van der Waals surface area contributed by atoms with E-state index in [1.54, 1.807) is 11.1 Å². The minimum absolute atomic E-state index is 0.0192. The van der Waals surface area contributed by atoms with Crippen LogP contribution in [0.15, 0.2) is 36.5 Å². The average Bonchev–Trinajstić information content (AvgIpc) is 2.53. The molecule has 0 N–H and O–H groups in total. The van der Waals surface area contributed by atoms with Crippen LogP contribution in [0.1, 0.15) is 23.2 Å². The van der Waals surface area contributed by atoms with E-state index in [1.165, 1.54) is 0 Å². The number of carbonyl (C=O) groups excluding carboxylic acids is 1. The van der Waals surface area contributed by atoms with Gasteiger partial charge in [0.1, 0.15) is 0 Å². The Kier molecular flexibility index (Phi) is 3.34. The summed E-state index contributed by atoms with van der Waals surface area (Å²) in [6.07, 6.45) is 3.48. The molecule has 0 spiro atoms. The minimum Gasteiger partial charge on any atom is -0.337 e. The highest BCUT2D eigenvalue weighted by atomic mass is 16.2. The third kappa shape index (κ3) is 2.23. The van der Waals surface area contributed by atoms with Gasteiger partial charge >= 0.3 is 0 Å². The number of nitrogens with zero attached hydrogens (tertiary/aromatic N) is 3. The molecule has 1 aromatic carbocycles. The van der Waals surface area contributed by atoms with Crippen LogP contribution in [0.2, 0.25) is 0 Å². The van der Waals surface area contributed by atoms with Gasteiger partial charge in [-0.25, -0.2) is 0 Å². The second-order valence-corrected chi connectivity index (χ2v) is 5.10. The smallest absolute Gasteiger partial charge is 0.256 e. The van der Waals surface area contributed by atoms with Crippen molar-refractivity contribution in [1.82, 2.24) is 9.88 Å². The van der Waals surface area contributed by atoms with Crippen molar-refractivity contribution >= 4 is 16.8 Å². The fourth-order valence-electron chi connectivity index (χ4n) is 2.71. The Labute approximate surface area is 117 Å². The van der Waals surface area contributed by atoms with Crippen LogP contribution in [0.25, 0.3) is 10.9 Å². The van der Waals surface area contributed by atoms with Crippen LogP contribution in [0.5, 0.6) is 0 Å². The SMILES string of the molecule is N#CC1CCCN(C(=O)c2cccc3cccnc23)C1. The van der Waals surface area contributed by atoms with Crippen LogP contribution in [-0.4, -0.2) is 28.9 Å². The summed E-state index contributed by atoms with van der Waals surface area (Å²) in [4.78, 5) is 18.8. The number of para-hydroxylation sites is 1. The molecule has 1 fully saturated rings. The van der Waals surface area contributed by atoms with E-state index in [2.05, 4.69) is 11.1 Å². The third-order valence-corrected chi connectivity index (χ3v) is 3.75. The van der Waals surface area contributed by atoms with Crippen molar-refractivity contribution < 1.29 is 4.79 Å². The van der Waals surface area contributed by atoms with Gasteiger partial charge in [0.25, 0.3) is 5.91 Å². The fourth-order valence-corrected chi connectivity index (χ4v) is 2.71. The molecule has 1 aliphatic heterocycles. The molecule has 20 heavy (non-hydrogen) atoms. The van der Waals surface area contributed by atoms with Crippen LogP contribution >= 0.6 is 0 Å². The second kappa shape index (κ2) is 5.30. The maximum atomic E-state index is 12.7. The first-order valence-corrected chi connectivity index (χ1v) is 6.82. The van der Waals surface area contributed by atoms with E-state index in [4.69, 9.17) is 5.26 Å². The number of nitriles is 1. The summed E-state index contributed by atoms with van der Waals surface area (Å²) in [5.74, 6) is -0.0649. The fraction of sp³-hybridized carbons (Fsp3) is 0.312. The standard InChI is InChI=1S/C16H15N3O/c17-10-12-4-3-9-19(11-12)16(20)14-7-1-5-13-6-2-8-18-15(13)14/h1-2,5-8,12H,3-4,9,11H2. The molecule has 0 radical (unpaired) electrons. The van der Waals surface area contributed by atoms with Gasteiger partial charge in [-0.05, 0) is 25.0 Å². The van der Waals surface area contributed by atoms with Crippen molar-refractivity contribution in [3.05, 3.63) is 42.1 Å². The average molecular weight is 265 g/mol. The first kappa shape index (κ1) is 12.6. The summed E-state index contributed by atoms with van der Waals surface area (Å²) in [7, 11) is 0. The zero-order valence-corrected chi connectivity index (χ0v) is 11.1. The van der Waals surface area contributed by atoms with E-state index in [1.807, 2.05) is 30.3 Å². The van der Waals surface area contributed by atoms with Gasteiger partial charge in [0.15, 0.2) is 0 Å². The minimum atomic E-state index is -0.0457. The van der Waals surface area contributed by atoms with Gasteiger partial charge in [-0.2, -0.15) is 5.26 Å². The third-order valence-electron chi connectivity index (χ3n) is 3.75. The van der Waals surface area contributed by atoms with E-state index in [0.29, 0.717) is 12.1 Å². The molecule has 1 unspecified atom stereocenters. The summed E-state index contributed by atoms with van der Waals surface area (Å²) >= 11 is 0. The van der Waals surface area contributed by atoms with Crippen molar-refractivity contribution in [2.45, 2.75) is 12.8 Å². The maximum absolute atomic E-state index is 12.7. The molecule has 1 saturated heterocycles. The number of hydrogen-bond donors (Lipinski definition) is 0. The molecule has 1 aliphatic rings. The van der Waals surface area contributed by atoms with E-state index in [-0.39, 0.29) is 11.8 Å². The number of benzene rings is 1. The summed E-state index contributed by atoms with van der Waals surface area (Å²) in [5.41, 5.74) is 1.36. The number of hydrogen-bond acceptors (Lipinski definition) is 3. The lowest BCUT2D eigenvalue weighted by molar-refractivity contribution is 0.0700. The van der Waals surface area contributed by atoms with Crippen molar-refractivity contribution in [1.29, 1.82) is 5.26 Å². The Morgan fingerprint density at radius 2 is 2.20 bits per heavy atom. The monoisotopic (exact) mass is 265 g/mol. The highest BCUT2D eigenvalue weighted by Crippen LogP contribution is 2.21. The largest absolute Gasteiger partial charge is 0.337 e. The molecular formula is C16H15N3O. The van der Waals surface area contributed by atoms with E-state index < -0.39 is 0 Å². The summed E-state index contributed by atoms with van der Waals surface area (Å²) in [6, 6.07) is 11.7. The molecule has 0 aliphatic carbocycles. The van der Waals surface area contributed by atoms with Crippen molar-refractivity contribution in [3.63, 3.8) is 0 Å². The first-order chi connectivity index (χ1) is 9.79. The number of fused-ring (bicyclic) bond motifs is 1. The Balaban J connectivity index is 1.95. The topological polar surface area (TPSA) is 57.0 Å². The molecular weight excluding hydrogens is 250 g/mol. The van der Waals surface area contributed by atoms with Gasteiger partial charge in [0.05, 0.1) is 23.1 Å². The van der Waals surface area contributed by atoms with Crippen LogP contribution in [0.4, 0.5) is 0 Å². The predicted molar refractivity (Wildman–Crippen MR) is 76.0 cm³/mol. The summed E-state index contributed by atoms with van der Waals surface area (Å²) in [6.45, 7) is 1.25. The van der Waals surface area contributed by atoms with Gasteiger partial charge in [0.2, 0.25) is 0 Å². The lowest BCUT2D eigenvalue weighted by Crippen LogP contribution is -2.39. The molecule has 100 valence electrons. The molecule has 4 nitrogen and oxygen atoms in total. The Morgan fingerprint density at radius 3 is 3.05 bits per heavy atom. The molecule has 1 amide bonds. The molecule has 2 heterocycles. The highest BCUT2D eigenvalue weighted by molar-refractivity contribution is 6.05. The Morgan fingerprint density at radius 1 is 1.35 bits per heavy atom. The lowest BCUT2D eigenvalue weighted by Gasteiger charge is -2.29. The number of likely N-dealkylation sites (tertiary alicyclic amines) is 1. The van der Waals surface area contributed by atoms with Crippen LogP contribution < -0.4 is 0 Å². The first-order valence-electron chi connectivity index (χ1n) is 6.82. The number of piperidine rings is 1. The van der Waals surface area contributed by atoms with Crippen LogP contribution in [-0.2, 0) is 0 Å². The van der Waals surface area contributed by atoms with Gasteiger partial charge in [-0.3, -0.25) is 9.78 Å². The van der Waals surface area contributed by atoms with Crippen molar-refractivity contribution in [2.75, 3.05) is 13.1 Å². The zero-order valence-electron chi connectivity index (χ0n) is 11.1. The molecule has 3 rings (SSSR count). The van der Waals surface area contributed by atoms with Gasteiger partial charge < -0.3 is 4.90 Å². The van der Waals surface area contributed by atoms with Crippen molar-refractivity contribution in [3.8, 4) is 6.07 Å². The molecule has 4 heteroatoms. The number of amides is 1. The number of carbonyl (C=O) groups is 1. The van der Waals surface area contributed by atoms with E-state index in [0.717, 1.165) is 30.3 Å². The zero-order chi connectivity index (χ0) is 13.9. The molecule has 0 saturated carbocycles. The maximum Gasteiger partial charge on any atom is 0.256 e. The predicted octanol–water partition coefficient (Wildman–Crippen LogP) is 2.61. The highest BCUT2D eigenvalue weighted by Gasteiger charge is 2.25. The normalized spacial score (nSPS) is 18.8. The molecule has 1 aromatic heterocycles. The quantitative estimate of drug-likeness (QED) is 0.796. The van der Waals surface area contributed by atoms with Gasteiger partial charge in [0, 0.05) is 24.7 Å². The molecule has 1 atom stereocenters. The Bertz CT molecular complexity index is 684. The summed E-state index contributed by atoms with van der Waals surface area (Å²) < 4.78 is 0. The lowest BCUT2D eigenvalue weighted by atomic mass is 9.98. The van der Waals surface area contributed by atoms with Gasteiger partial charge in [-0.1, -0.05) is 18.2 Å². The number of aromatic nitrogens is 1. The number of rotatable bonds is 1. The molecule has 2 aromatic rings. The van der Waals surface area contributed by atoms with Gasteiger partial charge in [-0.15, -0.1) is 0 Å². The Hall–Kier alpha value is -2.41. The second-order valence-electron chi connectivity index (χ2n) is 5.10. The van der Waals surface area contributed by atoms with E-state index in [9.17, 15) is 4.79 Å². The van der Waals surface area contributed by atoms with Crippen molar-refractivity contribution in [2.24, 2.45) is 5.92 Å². The van der Waals surface area contributed by atoms with Crippen LogP contribution in [0, 0.1) is 17.2 Å². The summed E-state index contributed by atoms with van der Waals surface area (Å²) in [5, 5.41) is 10.00. The van der Waals surface area contributed by atoms with E-state index >= 15 is 0 Å². The molecule has 0 bridgehead atoms. The van der Waals surface area contributed by atoms with Crippen LogP contribution in [0.3, 0.4) is 0 Å².